The van der Waals surface area contributed by atoms with E-state index in [4.69, 9.17) is 5.11 Å². The molecule has 1 amide bonds. The first-order chi connectivity index (χ1) is 7.59. The van der Waals surface area contributed by atoms with E-state index in [1.54, 1.807) is 0 Å². The first-order valence-corrected chi connectivity index (χ1v) is 6.11. The minimum absolute atomic E-state index is 0.123. The molecule has 4 nitrogen and oxygen atoms in total. The predicted octanol–water partition coefficient (Wildman–Crippen LogP) is 1.94. The van der Waals surface area contributed by atoms with Gasteiger partial charge in [-0.25, -0.2) is 0 Å². The van der Waals surface area contributed by atoms with Crippen LogP contribution in [0.15, 0.2) is 0 Å². The molecule has 0 radical (unpaired) electrons. The number of rotatable bonds is 4. The second-order valence-electron chi connectivity index (χ2n) is 4.69. The van der Waals surface area contributed by atoms with Crippen molar-refractivity contribution < 1.29 is 14.7 Å². The zero-order chi connectivity index (χ0) is 12.0. The number of carboxylic acids is 1. The molecule has 0 aromatic heterocycles. The Hall–Kier alpha value is -1.06. The lowest BCUT2D eigenvalue weighted by Gasteiger charge is -2.15. The number of nitrogens with one attached hydrogen (secondary N) is 1. The number of carbonyl (C=O) groups excluding carboxylic acids is 1. The molecule has 1 saturated carbocycles. The maximum absolute atomic E-state index is 11.6. The second-order valence-corrected chi connectivity index (χ2v) is 4.69. The standard InChI is InChI=1S/C12H21NO3/c1-9(12(15)16)13-11(14)8-10-6-4-2-3-5-7-10/h9-10H,2-8H2,1H3,(H,13,14)(H,15,16)/t9-/m0/s1. The van der Waals surface area contributed by atoms with E-state index >= 15 is 0 Å². The molecule has 1 fully saturated rings. The van der Waals surface area contributed by atoms with Crippen LogP contribution in [0.3, 0.4) is 0 Å². The van der Waals surface area contributed by atoms with Gasteiger partial charge in [0.25, 0.3) is 0 Å². The van der Waals surface area contributed by atoms with Gasteiger partial charge in [-0.05, 0) is 25.7 Å². The fourth-order valence-electron chi connectivity index (χ4n) is 2.19. The molecule has 0 unspecified atom stereocenters. The van der Waals surface area contributed by atoms with Crippen LogP contribution in [0, 0.1) is 5.92 Å². The van der Waals surface area contributed by atoms with Gasteiger partial charge in [-0.2, -0.15) is 0 Å². The molecule has 0 heterocycles. The van der Waals surface area contributed by atoms with Crippen molar-refractivity contribution in [3.8, 4) is 0 Å². The number of carboxylic acid groups (broad SMARTS) is 1. The van der Waals surface area contributed by atoms with E-state index in [9.17, 15) is 9.59 Å². The molecule has 1 atom stereocenters. The Bertz CT molecular complexity index is 245. The smallest absolute Gasteiger partial charge is 0.325 e. The third-order valence-corrected chi connectivity index (χ3v) is 3.20. The number of amides is 1. The van der Waals surface area contributed by atoms with Gasteiger partial charge in [0.2, 0.25) is 5.91 Å². The van der Waals surface area contributed by atoms with Gasteiger partial charge in [-0.15, -0.1) is 0 Å². The number of hydrogen-bond acceptors (Lipinski definition) is 2. The quantitative estimate of drug-likeness (QED) is 0.721. The third kappa shape index (κ3) is 4.64. The number of carbonyl (C=O) groups is 2. The van der Waals surface area contributed by atoms with E-state index in [2.05, 4.69) is 5.32 Å². The average Bonchev–Trinajstić information content (AvgIpc) is 2.45. The van der Waals surface area contributed by atoms with Gasteiger partial charge in [-0.3, -0.25) is 9.59 Å². The van der Waals surface area contributed by atoms with Gasteiger partial charge >= 0.3 is 5.97 Å². The Morgan fingerprint density at radius 1 is 1.25 bits per heavy atom. The highest BCUT2D eigenvalue weighted by Gasteiger charge is 2.19. The molecule has 4 heteroatoms. The summed E-state index contributed by atoms with van der Waals surface area (Å²) in [7, 11) is 0. The van der Waals surface area contributed by atoms with E-state index in [-0.39, 0.29) is 5.91 Å². The monoisotopic (exact) mass is 227 g/mol. The Labute approximate surface area is 96.4 Å². The molecule has 0 bridgehead atoms. The van der Waals surface area contributed by atoms with Crippen LogP contribution < -0.4 is 5.32 Å². The summed E-state index contributed by atoms with van der Waals surface area (Å²) in [6.07, 6.45) is 7.63. The maximum Gasteiger partial charge on any atom is 0.325 e. The van der Waals surface area contributed by atoms with Gasteiger partial charge in [0.15, 0.2) is 0 Å². The zero-order valence-electron chi connectivity index (χ0n) is 9.87. The normalized spacial score (nSPS) is 19.8. The largest absolute Gasteiger partial charge is 0.480 e. The summed E-state index contributed by atoms with van der Waals surface area (Å²) < 4.78 is 0. The van der Waals surface area contributed by atoms with Gasteiger partial charge in [0.1, 0.15) is 6.04 Å². The van der Waals surface area contributed by atoms with Crippen LogP contribution in [0.4, 0.5) is 0 Å². The molecule has 0 aromatic carbocycles. The van der Waals surface area contributed by atoms with Crippen molar-refractivity contribution in [2.45, 2.75) is 57.9 Å². The Kier molecular flexibility index (Phi) is 5.29. The van der Waals surface area contributed by atoms with Crippen molar-refractivity contribution in [3.63, 3.8) is 0 Å². The van der Waals surface area contributed by atoms with Crippen molar-refractivity contribution in [2.75, 3.05) is 0 Å². The molecule has 2 N–H and O–H groups in total. The van der Waals surface area contributed by atoms with E-state index in [1.807, 2.05) is 0 Å². The molecule has 1 aliphatic rings. The second kappa shape index (κ2) is 6.51. The summed E-state index contributed by atoms with van der Waals surface area (Å²) in [6.45, 7) is 1.49. The molecule has 1 rings (SSSR count). The zero-order valence-corrected chi connectivity index (χ0v) is 9.87. The first kappa shape index (κ1) is 13.0. The van der Waals surface area contributed by atoms with Crippen LogP contribution in [-0.4, -0.2) is 23.0 Å². The minimum atomic E-state index is -0.978. The lowest BCUT2D eigenvalue weighted by Crippen LogP contribution is -2.39. The molecule has 0 aromatic rings. The Morgan fingerprint density at radius 2 is 1.81 bits per heavy atom. The highest BCUT2D eigenvalue weighted by molar-refractivity contribution is 5.83. The van der Waals surface area contributed by atoms with Crippen LogP contribution in [-0.2, 0) is 9.59 Å². The van der Waals surface area contributed by atoms with Crippen LogP contribution >= 0.6 is 0 Å². The Morgan fingerprint density at radius 3 is 2.31 bits per heavy atom. The fourth-order valence-corrected chi connectivity index (χ4v) is 2.19. The summed E-state index contributed by atoms with van der Waals surface area (Å²) in [5.41, 5.74) is 0. The summed E-state index contributed by atoms with van der Waals surface area (Å²) in [4.78, 5) is 22.1. The number of hydrogen-bond donors (Lipinski definition) is 2. The lowest BCUT2D eigenvalue weighted by molar-refractivity contribution is -0.141. The van der Waals surface area contributed by atoms with Gasteiger partial charge in [0.05, 0.1) is 0 Å². The Balaban J connectivity index is 2.29. The number of aliphatic carboxylic acids is 1. The van der Waals surface area contributed by atoms with Gasteiger partial charge < -0.3 is 10.4 Å². The molecule has 1 aliphatic carbocycles. The molecule has 92 valence electrons. The van der Waals surface area contributed by atoms with Gasteiger partial charge in [-0.1, -0.05) is 25.7 Å². The van der Waals surface area contributed by atoms with E-state index in [0.29, 0.717) is 12.3 Å². The minimum Gasteiger partial charge on any atom is -0.480 e. The van der Waals surface area contributed by atoms with Crippen molar-refractivity contribution >= 4 is 11.9 Å². The topological polar surface area (TPSA) is 66.4 Å². The third-order valence-electron chi connectivity index (χ3n) is 3.20. The van der Waals surface area contributed by atoms with Crippen LogP contribution in [0.5, 0.6) is 0 Å². The van der Waals surface area contributed by atoms with Crippen molar-refractivity contribution in [3.05, 3.63) is 0 Å². The maximum atomic E-state index is 11.6. The van der Waals surface area contributed by atoms with E-state index < -0.39 is 12.0 Å². The molecule has 0 aliphatic heterocycles. The summed E-state index contributed by atoms with van der Waals surface area (Å²) in [5.74, 6) is -0.653. The SMILES string of the molecule is C[C@H](NC(=O)CC1CCCCCC1)C(=O)O. The van der Waals surface area contributed by atoms with E-state index in [0.717, 1.165) is 12.8 Å². The predicted molar refractivity (Wildman–Crippen MR) is 61.0 cm³/mol. The van der Waals surface area contributed by atoms with Crippen LogP contribution in [0.25, 0.3) is 0 Å². The summed E-state index contributed by atoms with van der Waals surface area (Å²) in [5, 5.41) is 11.2. The highest BCUT2D eigenvalue weighted by atomic mass is 16.4. The molecule has 16 heavy (non-hydrogen) atoms. The van der Waals surface area contributed by atoms with Crippen molar-refractivity contribution in [1.82, 2.24) is 5.32 Å². The van der Waals surface area contributed by atoms with Crippen LogP contribution in [0.1, 0.15) is 51.9 Å². The lowest BCUT2D eigenvalue weighted by atomic mass is 9.96. The average molecular weight is 227 g/mol. The molecular formula is C12H21NO3. The van der Waals surface area contributed by atoms with Crippen LogP contribution in [0.2, 0.25) is 0 Å². The van der Waals surface area contributed by atoms with E-state index in [1.165, 1.54) is 32.6 Å². The van der Waals surface area contributed by atoms with Crippen molar-refractivity contribution in [2.24, 2.45) is 5.92 Å². The van der Waals surface area contributed by atoms with Gasteiger partial charge in [0, 0.05) is 6.42 Å². The molecular weight excluding hydrogens is 206 g/mol. The first-order valence-electron chi connectivity index (χ1n) is 6.11. The van der Waals surface area contributed by atoms with Crippen molar-refractivity contribution in [1.29, 1.82) is 0 Å². The molecule has 0 spiro atoms. The fraction of sp³-hybridized carbons (Fsp3) is 0.833. The highest BCUT2D eigenvalue weighted by Crippen LogP contribution is 2.25. The summed E-state index contributed by atoms with van der Waals surface area (Å²) in [6, 6.07) is -0.779. The summed E-state index contributed by atoms with van der Waals surface area (Å²) >= 11 is 0. The molecule has 0 saturated heterocycles.